The number of nitriles is 1. The highest BCUT2D eigenvalue weighted by Crippen LogP contribution is 2.51. The van der Waals surface area contributed by atoms with Crippen molar-refractivity contribution < 1.29 is 18.0 Å². The fraction of sp³-hybridized carbons (Fsp3) is 0.267. The molecule has 3 rings (SSSR count). The molecular weight excluding hydrogens is 437 g/mol. The molecule has 1 atom stereocenters. The van der Waals surface area contributed by atoms with E-state index in [2.05, 4.69) is 5.10 Å². The van der Waals surface area contributed by atoms with Gasteiger partial charge in [-0.05, 0) is 12.1 Å². The van der Waals surface area contributed by atoms with Gasteiger partial charge in [-0.25, -0.2) is 4.68 Å². The summed E-state index contributed by atoms with van der Waals surface area (Å²) in [5.74, 6) is -1.07. The lowest BCUT2D eigenvalue weighted by Crippen LogP contribution is -2.45. The normalized spacial score (nSPS) is 19.2. The van der Waals surface area contributed by atoms with E-state index in [4.69, 9.17) is 46.4 Å². The summed E-state index contributed by atoms with van der Waals surface area (Å²) in [4.78, 5) is 11.5. The first-order valence-electron chi connectivity index (χ1n) is 6.94. The van der Waals surface area contributed by atoms with Gasteiger partial charge in [0.1, 0.15) is 11.8 Å². The maximum Gasteiger partial charge on any atom is 0.416 e. The number of halogens is 7. The third kappa shape index (κ3) is 3.05. The zero-order valence-electron chi connectivity index (χ0n) is 12.4. The fourth-order valence-corrected chi connectivity index (χ4v) is 3.81. The number of hydrogen-bond donors (Lipinski definition) is 0. The summed E-state index contributed by atoms with van der Waals surface area (Å²) in [6, 6.07) is 3.24. The van der Waals surface area contributed by atoms with E-state index in [0.29, 0.717) is 12.1 Å². The number of alkyl halides is 5. The van der Waals surface area contributed by atoms with Crippen molar-refractivity contribution in [2.75, 3.05) is 0 Å². The highest BCUT2D eigenvalue weighted by atomic mass is 35.5. The van der Waals surface area contributed by atoms with Gasteiger partial charge in [-0.1, -0.05) is 46.4 Å². The van der Waals surface area contributed by atoms with Crippen LogP contribution in [0.2, 0.25) is 10.0 Å². The predicted molar refractivity (Wildman–Crippen MR) is 90.1 cm³/mol. The number of benzene rings is 1. The molecule has 0 amide bonds. The second-order valence-electron chi connectivity index (χ2n) is 5.58. The van der Waals surface area contributed by atoms with Gasteiger partial charge in [0, 0.05) is 24.1 Å². The van der Waals surface area contributed by atoms with E-state index in [0.717, 1.165) is 4.68 Å². The Morgan fingerprint density at radius 2 is 1.85 bits per heavy atom. The van der Waals surface area contributed by atoms with Crippen LogP contribution in [0, 0.1) is 11.3 Å². The van der Waals surface area contributed by atoms with Gasteiger partial charge >= 0.3 is 6.18 Å². The summed E-state index contributed by atoms with van der Waals surface area (Å²) < 4.78 is 37.9. The van der Waals surface area contributed by atoms with Crippen molar-refractivity contribution in [2.45, 2.75) is 22.8 Å². The smallest absolute Gasteiger partial charge is 0.296 e. The van der Waals surface area contributed by atoms with Gasteiger partial charge in [0.2, 0.25) is 0 Å². The van der Waals surface area contributed by atoms with Crippen molar-refractivity contribution in [3.63, 3.8) is 0 Å². The van der Waals surface area contributed by atoms with Gasteiger partial charge < -0.3 is 0 Å². The largest absolute Gasteiger partial charge is 0.416 e. The lowest BCUT2D eigenvalue weighted by molar-refractivity contribution is -0.137. The minimum atomic E-state index is -4.62. The van der Waals surface area contributed by atoms with Gasteiger partial charge in [0.15, 0.2) is 15.8 Å². The quantitative estimate of drug-likeness (QED) is 0.593. The molecule has 1 aromatic carbocycles. The molecular formula is C15H6Cl4F3N3O. The van der Waals surface area contributed by atoms with Crippen molar-refractivity contribution in [3.05, 3.63) is 45.2 Å². The SMILES string of the molecule is N#Cc1nn(-c2c(Cl)cc(C(F)(F)F)cc2Cl)cc1C1CC(=O)C1(Cl)Cl. The molecule has 1 heterocycles. The Kier molecular flexibility index (Phi) is 4.68. The van der Waals surface area contributed by atoms with Gasteiger partial charge in [-0.15, -0.1) is 0 Å². The minimum absolute atomic E-state index is 0.0157. The average molecular weight is 443 g/mol. The first-order chi connectivity index (χ1) is 12.0. The molecule has 0 spiro atoms. The summed E-state index contributed by atoms with van der Waals surface area (Å²) >= 11 is 23.8. The Morgan fingerprint density at radius 1 is 1.27 bits per heavy atom. The number of carbonyl (C=O) groups is 1. The third-order valence-corrected chi connectivity index (χ3v) is 5.52. The Morgan fingerprint density at radius 3 is 2.27 bits per heavy atom. The molecule has 4 nitrogen and oxygen atoms in total. The third-order valence-electron chi connectivity index (χ3n) is 4.00. The van der Waals surface area contributed by atoms with Gasteiger partial charge in [-0.3, -0.25) is 4.79 Å². The van der Waals surface area contributed by atoms with Crippen LogP contribution in [0.4, 0.5) is 13.2 Å². The zero-order chi connectivity index (χ0) is 19.4. The van der Waals surface area contributed by atoms with E-state index in [1.165, 1.54) is 6.20 Å². The lowest BCUT2D eigenvalue weighted by Gasteiger charge is -2.37. The number of hydrogen-bond acceptors (Lipinski definition) is 3. The molecule has 1 aliphatic rings. The highest BCUT2D eigenvalue weighted by Gasteiger charge is 2.54. The molecule has 0 bridgehead atoms. The summed E-state index contributed by atoms with van der Waals surface area (Å²) in [5.41, 5.74) is -0.858. The molecule has 0 saturated heterocycles. The van der Waals surface area contributed by atoms with Crippen LogP contribution >= 0.6 is 46.4 Å². The van der Waals surface area contributed by atoms with Crippen LogP contribution in [-0.4, -0.2) is 19.9 Å². The number of ketones is 1. The van der Waals surface area contributed by atoms with Crippen molar-refractivity contribution in [2.24, 2.45) is 0 Å². The molecule has 0 N–H and O–H groups in total. The van der Waals surface area contributed by atoms with E-state index in [1.54, 1.807) is 0 Å². The average Bonchev–Trinajstić information content (AvgIpc) is 2.93. The second-order valence-corrected chi connectivity index (χ2v) is 7.78. The Bertz CT molecular complexity index is 939. The minimum Gasteiger partial charge on any atom is -0.296 e. The van der Waals surface area contributed by atoms with Crippen LogP contribution in [0.1, 0.15) is 29.2 Å². The molecule has 11 heteroatoms. The van der Waals surface area contributed by atoms with Crippen molar-refractivity contribution in [1.29, 1.82) is 5.26 Å². The topological polar surface area (TPSA) is 58.7 Å². The summed E-state index contributed by atoms with van der Waals surface area (Å²) in [6.07, 6.45) is -3.28. The van der Waals surface area contributed by atoms with Crippen LogP contribution in [0.15, 0.2) is 18.3 Å². The molecule has 1 aromatic heterocycles. The molecule has 1 aliphatic carbocycles. The van der Waals surface area contributed by atoms with Crippen LogP contribution < -0.4 is 0 Å². The number of Topliss-reactive ketones (excluding diaryl/α,β-unsaturated/α-hetero) is 1. The lowest BCUT2D eigenvalue weighted by atomic mass is 9.78. The second kappa shape index (κ2) is 6.31. The first-order valence-corrected chi connectivity index (χ1v) is 8.45. The van der Waals surface area contributed by atoms with Crippen molar-refractivity contribution in [1.82, 2.24) is 9.78 Å². The van der Waals surface area contributed by atoms with E-state index >= 15 is 0 Å². The van der Waals surface area contributed by atoms with Gasteiger partial charge in [-0.2, -0.15) is 23.5 Å². The monoisotopic (exact) mass is 441 g/mol. The number of carbonyl (C=O) groups excluding carboxylic acids is 1. The summed E-state index contributed by atoms with van der Waals surface area (Å²) in [5, 5.41) is 12.6. The van der Waals surface area contributed by atoms with Crippen LogP contribution in [0.3, 0.4) is 0 Å². The number of aromatic nitrogens is 2. The van der Waals surface area contributed by atoms with E-state index in [-0.39, 0.29) is 33.4 Å². The summed E-state index contributed by atoms with van der Waals surface area (Å²) in [7, 11) is 0. The molecule has 26 heavy (non-hydrogen) atoms. The number of rotatable bonds is 2. The molecule has 1 fully saturated rings. The number of nitrogens with zero attached hydrogens (tertiary/aromatic N) is 3. The van der Waals surface area contributed by atoms with E-state index in [1.807, 2.05) is 6.07 Å². The van der Waals surface area contributed by atoms with Gasteiger partial charge in [0.05, 0.1) is 15.6 Å². The highest BCUT2D eigenvalue weighted by molar-refractivity contribution is 6.61. The first kappa shape index (κ1) is 19.3. The Balaban J connectivity index is 2.10. The zero-order valence-corrected chi connectivity index (χ0v) is 15.4. The molecule has 0 radical (unpaired) electrons. The molecule has 136 valence electrons. The predicted octanol–water partition coefficient (Wildman–Crippen LogP) is 5.30. The van der Waals surface area contributed by atoms with Crippen molar-refractivity contribution >= 4 is 52.2 Å². The van der Waals surface area contributed by atoms with Crippen LogP contribution in [0.5, 0.6) is 0 Å². The maximum atomic E-state index is 12.8. The molecule has 2 aromatic rings. The van der Waals surface area contributed by atoms with Crippen LogP contribution in [0.25, 0.3) is 5.69 Å². The Labute approximate surface area is 165 Å². The Hall–Kier alpha value is -1.46. The van der Waals surface area contributed by atoms with Crippen LogP contribution in [-0.2, 0) is 11.0 Å². The fourth-order valence-electron chi connectivity index (χ4n) is 2.61. The van der Waals surface area contributed by atoms with Gasteiger partial charge in [0.25, 0.3) is 0 Å². The maximum absolute atomic E-state index is 12.8. The van der Waals surface area contributed by atoms with E-state index in [9.17, 15) is 23.2 Å². The molecule has 1 saturated carbocycles. The summed E-state index contributed by atoms with van der Waals surface area (Å²) in [6.45, 7) is 0. The van der Waals surface area contributed by atoms with Crippen molar-refractivity contribution in [3.8, 4) is 11.8 Å². The van der Waals surface area contributed by atoms with E-state index < -0.39 is 27.8 Å². The standard InChI is InChI=1S/C15H6Cl4F3N3O/c16-9-1-6(15(20,21)22)2-10(17)13(9)25-5-7(11(4-23)24-25)8-3-12(26)14(8,18)19/h1-2,5,8H,3H2. The molecule has 1 unspecified atom stereocenters. The molecule has 0 aliphatic heterocycles.